The van der Waals surface area contributed by atoms with Gasteiger partial charge >= 0.3 is 5.97 Å². The van der Waals surface area contributed by atoms with Crippen molar-refractivity contribution in [3.63, 3.8) is 0 Å². The Labute approximate surface area is 153 Å². The zero-order chi connectivity index (χ0) is 18.5. The lowest BCUT2D eigenvalue weighted by molar-refractivity contribution is -0.146. The van der Waals surface area contributed by atoms with Gasteiger partial charge < -0.3 is 15.3 Å². The number of nitrogens with one attached hydrogen (secondary N) is 1. The summed E-state index contributed by atoms with van der Waals surface area (Å²) in [7, 11) is 0. The largest absolute Gasteiger partial charge is 0.481 e. The van der Waals surface area contributed by atoms with Crippen LogP contribution in [0.1, 0.15) is 38.5 Å². The molecule has 1 heterocycles. The Morgan fingerprint density at radius 2 is 1.42 bits per heavy atom. The maximum atomic E-state index is 12.7. The summed E-state index contributed by atoms with van der Waals surface area (Å²) in [5, 5.41) is 12.0. The lowest BCUT2D eigenvalue weighted by Crippen LogP contribution is -2.44. The summed E-state index contributed by atoms with van der Waals surface area (Å²) >= 11 is 0. The molecule has 1 saturated heterocycles. The van der Waals surface area contributed by atoms with Crippen LogP contribution in [0.4, 0.5) is 5.69 Å². The van der Waals surface area contributed by atoms with Gasteiger partial charge in [-0.1, -0.05) is 18.2 Å². The molecule has 0 aromatic heterocycles. The van der Waals surface area contributed by atoms with Gasteiger partial charge in [-0.05, 0) is 50.7 Å². The molecule has 1 aromatic rings. The van der Waals surface area contributed by atoms with Crippen LogP contribution in [-0.2, 0) is 14.4 Å². The van der Waals surface area contributed by atoms with E-state index >= 15 is 0 Å². The quantitative estimate of drug-likeness (QED) is 0.866. The van der Waals surface area contributed by atoms with Crippen LogP contribution in [0.3, 0.4) is 0 Å². The SMILES string of the molecule is O=C(O)C1CCC(C(=O)N2CCC(C(=O)Nc3ccccc3)CC2)CC1. The molecule has 1 saturated carbocycles. The smallest absolute Gasteiger partial charge is 0.306 e. The number of hydrogen-bond donors (Lipinski definition) is 2. The molecule has 2 fully saturated rings. The van der Waals surface area contributed by atoms with Gasteiger partial charge in [-0.15, -0.1) is 0 Å². The number of likely N-dealkylation sites (tertiary alicyclic amines) is 1. The van der Waals surface area contributed by atoms with E-state index in [1.54, 1.807) is 0 Å². The number of para-hydroxylation sites is 1. The molecular formula is C20H26N2O4. The predicted molar refractivity (Wildman–Crippen MR) is 97.5 cm³/mol. The molecular weight excluding hydrogens is 332 g/mol. The average Bonchev–Trinajstić information content (AvgIpc) is 2.68. The van der Waals surface area contributed by atoms with Crippen molar-refractivity contribution in [2.24, 2.45) is 17.8 Å². The molecule has 26 heavy (non-hydrogen) atoms. The number of hydrogen-bond acceptors (Lipinski definition) is 3. The topological polar surface area (TPSA) is 86.7 Å². The Balaban J connectivity index is 1.45. The van der Waals surface area contributed by atoms with Gasteiger partial charge in [0.25, 0.3) is 0 Å². The van der Waals surface area contributed by atoms with Gasteiger partial charge in [0.2, 0.25) is 11.8 Å². The van der Waals surface area contributed by atoms with E-state index < -0.39 is 5.97 Å². The van der Waals surface area contributed by atoms with Crippen molar-refractivity contribution in [2.75, 3.05) is 18.4 Å². The Hall–Kier alpha value is -2.37. The second-order valence-corrected chi connectivity index (χ2v) is 7.34. The fraction of sp³-hybridized carbons (Fsp3) is 0.550. The summed E-state index contributed by atoms with van der Waals surface area (Å²) in [5.74, 6) is -1.02. The van der Waals surface area contributed by atoms with Crippen molar-refractivity contribution in [1.82, 2.24) is 4.90 Å². The van der Waals surface area contributed by atoms with E-state index in [1.807, 2.05) is 35.2 Å². The maximum absolute atomic E-state index is 12.7. The molecule has 3 rings (SSSR count). The van der Waals surface area contributed by atoms with Crippen molar-refractivity contribution in [2.45, 2.75) is 38.5 Å². The van der Waals surface area contributed by atoms with Crippen LogP contribution in [0.25, 0.3) is 0 Å². The number of carboxylic acid groups (broad SMARTS) is 1. The van der Waals surface area contributed by atoms with E-state index in [9.17, 15) is 14.4 Å². The number of carboxylic acids is 1. The van der Waals surface area contributed by atoms with E-state index in [2.05, 4.69) is 5.32 Å². The third kappa shape index (κ3) is 4.42. The molecule has 0 spiro atoms. The van der Waals surface area contributed by atoms with E-state index in [-0.39, 0.29) is 29.6 Å². The number of rotatable bonds is 4. The summed E-state index contributed by atoms with van der Waals surface area (Å²) in [6, 6.07) is 9.41. The van der Waals surface area contributed by atoms with Crippen LogP contribution in [0, 0.1) is 17.8 Å². The lowest BCUT2D eigenvalue weighted by Gasteiger charge is -2.35. The first kappa shape index (κ1) is 18.4. The van der Waals surface area contributed by atoms with Gasteiger partial charge in [0.15, 0.2) is 0 Å². The second kappa shape index (κ2) is 8.34. The monoisotopic (exact) mass is 358 g/mol. The summed E-state index contributed by atoms with van der Waals surface area (Å²) in [6.07, 6.45) is 3.83. The zero-order valence-electron chi connectivity index (χ0n) is 14.9. The highest BCUT2D eigenvalue weighted by Gasteiger charge is 2.34. The van der Waals surface area contributed by atoms with E-state index in [0.717, 1.165) is 5.69 Å². The van der Waals surface area contributed by atoms with Crippen LogP contribution < -0.4 is 5.32 Å². The highest BCUT2D eigenvalue weighted by molar-refractivity contribution is 5.92. The zero-order valence-corrected chi connectivity index (χ0v) is 14.9. The fourth-order valence-corrected chi connectivity index (χ4v) is 3.97. The molecule has 1 aliphatic carbocycles. The molecule has 0 radical (unpaired) electrons. The van der Waals surface area contributed by atoms with E-state index in [4.69, 9.17) is 5.11 Å². The highest BCUT2D eigenvalue weighted by atomic mass is 16.4. The Morgan fingerprint density at radius 1 is 0.846 bits per heavy atom. The van der Waals surface area contributed by atoms with Crippen LogP contribution in [0.15, 0.2) is 30.3 Å². The Kier molecular flexibility index (Phi) is 5.91. The molecule has 140 valence electrons. The Morgan fingerprint density at radius 3 is 2.00 bits per heavy atom. The van der Waals surface area contributed by atoms with Crippen molar-refractivity contribution in [3.05, 3.63) is 30.3 Å². The summed E-state index contributed by atoms with van der Waals surface area (Å²) in [4.78, 5) is 37.9. The number of anilines is 1. The molecule has 6 heteroatoms. The van der Waals surface area contributed by atoms with Crippen LogP contribution in [-0.4, -0.2) is 40.9 Å². The van der Waals surface area contributed by atoms with Gasteiger partial charge in [0, 0.05) is 30.6 Å². The van der Waals surface area contributed by atoms with Crippen molar-refractivity contribution < 1.29 is 19.5 Å². The van der Waals surface area contributed by atoms with Crippen molar-refractivity contribution in [1.29, 1.82) is 0 Å². The number of piperidine rings is 1. The third-order valence-corrected chi connectivity index (χ3v) is 5.64. The van der Waals surface area contributed by atoms with E-state index in [0.29, 0.717) is 51.6 Å². The second-order valence-electron chi connectivity index (χ2n) is 7.34. The molecule has 6 nitrogen and oxygen atoms in total. The molecule has 2 N–H and O–H groups in total. The molecule has 2 amide bonds. The maximum Gasteiger partial charge on any atom is 0.306 e. The van der Waals surface area contributed by atoms with Gasteiger partial charge in [0.05, 0.1) is 5.92 Å². The minimum Gasteiger partial charge on any atom is -0.481 e. The highest BCUT2D eigenvalue weighted by Crippen LogP contribution is 2.31. The first-order valence-corrected chi connectivity index (χ1v) is 9.42. The van der Waals surface area contributed by atoms with Gasteiger partial charge in [0.1, 0.15) is 0 Å². The number of carbonyl (C=O) groups excluding carboxylic acids is 2. The summed E-state index contributed by atoms with van der Waals surface area (Å²) in [5.41, 5.74) is 0.797. The van der Waals surface area contributed by atoms with Gasteiger partial charge in [-0.2, -0.15) is 0 Å². The van der Waals surface area contributed by atoms with Crippen LogP contribution >= 0.6 is 0 Å². The molecule has 0 unspecified atom stereocenters. The average molecular weight is 358 g/mol. The van der Waals surface area contributed by atoms with Crippen molar-refractivity contribution in [3.8, 4) is 0 Å². The molecule has 2 aliphatic rings. The lowest BCUT2D eigenvalue weighted by atomic mass is 9.81. The third-order valence-electron chi connectivity index (χ3n) is 5.64. The van der Waals surface area contributed by atoms with Gasteiger partial charge in [-0.25, -0.2) is 0 Å². The Bertz CT molecular complexity index is 645. The first-order chi connectivity index (χ1) is 12.5. The summed E-state index contributed by atoms with van der Waals surface area (Å²) in [6.45, 7) is 1.20. The normalized spacial score (nSPS) is 24.1. The van der Waals surface area contributed by atoms with Crippen LogP contribution in [0.5, 0.6) is 0 Å². The fourth-order valence-electron chi connectivity index (χ4n) is 3.97. The first-order valence-electron chi connectivity index (χ1n) is 9.42. The number of amides is 2. The van der Waals surface area contributed by atoms with Crippen LogP contribution in [0.2, 0.25) is 0 Å². The van der Waals surface area contributed by atoms with Gasteiger partial charge in [-0.3, -0.25) is 14.4 Å². The van der Waals surface area contributed by atoms with E-state index in [1.165, 1.54) is 0 Å². The number of benzene rings is 1. The molecule has 1 aliphatic heterocycles. The minimum atomic E-state index is -0.749. The predicted octanol–water partition coefficient (Wildman–Crippen LogP) is 2.75. The van der Waals surface area contributed by atoms with Crippen molar-refractivity contribution >= 4 is 23.5 Å². The summed E-state index contributed by atoms with van der Waals surface area (Å²) < 4.78 is 0. The number of aliphatic carboxylic acids is 1. The minimum absolute atomic E-state index is 0.0188. The number of nitrogens with zero attached hydrogens (tertiary/aromatic N) is 1. The standard InChI is InChI=1S/C20H26N2O4/c23-18(21-17-4-2-1-3-5-17)14-10-12-22(13-11-14)19(24)15-6-8-16(9-7-15)20(25)26/h1-5,14-16H,6-13H2,(H,21,23)(H,25,26). The molecule has 0 atom stereocenters. The molecule has 0 bridgehead atoms. The number of carbonyl (C=O) groups is 3. The molecule has 1 aromatic carbocycles.